The molecule has 0 radical (unpaired) electrons. The van der Waals surface area contributed by atoms with Crippen LogP contribution in [-0.2, 0) is 9.84 Å². The van der Waals surface area contributed by atoms with Crippen LogP contribution in [0.5, 0.6) is 0 Å². The maximum atomic E-state index is 12.5. The summed E-state index contributed by atoms with van der Waals surface area (Å²) in [5.41, 5.74) is 0.999. The maximum absolute atomic E-state index is 12.5. The van der Waals surface area contributed by atoms with Gasteiger partial charge in [0.2, 0.25) is 9.84 Å². The van der Waals surface area contributed by atoms with Gasteiger partial charge in [0.15, 0.2) is 0 Å². The third-order valence-electron chi connectivity index (χ3n) is 3.64. The molecule has 106 valence electrons. The standard InChI is InChI=1S/C13H14ClN3O2S/c14-9-6-7-11-12(8-9)16-17-13(15-11)20(18,19)10-4-2-1-3-5-10/h6-8,10H,1-5H2. The van der Waals surface area contributed by atoms with Crippen molar-refractivity contribution < 1.29 is 8.42 Å². The predicted molar refractivity (Wildman–Crippen MR) is 76.4 cm³/mol. The van der Waals surface area contributed by atoms with Gasteiger partial charge in [-0.15, -0.1) is 10.2 Å². The summed E-state index contributed by atoms with van der Waals surface area (Å²) in [6.07, 6.45) is 4.36. The molecule has 0 aliphatic heterocycles. The van der Waals surface area contributed by atoms with Crippen LogP contribution in [0.2, 0.25) is 5.02 Å². The summed E-state index contributed by atoms with van der Waals surface area (Å²) < 4.78 is 25.0. The lowest BCUT2D eigenvalue weighted by Gasteiger charge is -2.20. The fourth-order valence-corrected chi connectivity index (χ4v) is 4.34. The van der Waals surface area contributed by atoms with Gasteiger partial charge in [0.1, 0.15) is 5.52 Å². The second kappa shape index (κ2) is 5.26. The van der Waals surface area contributed by atoms with Gasteiger partial charge in [-0.05, 0) is 31.0 Å². The zero-order valence-corrected chi connectivity index (χ0v) is 12.4. The molecule has 1 aromatic carbocycles. The molecule has 0 spiro atoms. The molecule has 5 nitrogen and oxygen atoms in total. The van der Waals surface area contributed by atoms with E-state index in [1.807, 2.05) is 0 Å². The Kier molecular flexibility index (Phi) is 3.60. The Bertz CT molecular complexity index is 742. The van der Waals surface area contributed by atoms with Crippen LogP contribution in [-0.4, -0.2) is 28.8 Å². The highest BCUT2D eigenvalue weighted by Gasteiger charge is 2.31. The largest absolute Gasteiger partial charge is 0.268 e. The molecule has 1 saturated carbocycles. The van der Waals surface area contributed by atoms with Crippen LogP contribution >= 0.6 is 11.6 Å². The highest BCUT2D eigenvalue weighted by atomic mass is 35.5. The first-order valence-corrected chi connectivity index (χ1v) is 8.54. The van der Waals surface area contributed by atoms with E-state index in [-0.39, 0.29) is 10.4 Å². The van der Waals surface area contributed by atoms with Gasteiger partial charge in [-0.1, -0.05) is 30.9 Å². The highest BCUT2D eigenvalue weighted by Crippen LogP contribution is 2.27. The summed E-state index contributed by atoms with van der Waals surface area (Å²) in [5.74, 6) is 0. The first-order chi connectivity index (χ1) is 9.57. The topological polar surface area (TPSA) is 72.8 Å². The van der Waals surface area contributed by atoms with E-state index in [9.17, 15) is 8.42 Å². The van der Waals surface area contributed by atoms with E-state index in [1.165, 1.54) is 0 Å². The Morgan fingerprint density at radius 2 is 1.80 bits per heavy atom. The van der Waals surface area contributed by atoms with Crippen molar-refractivity contribution in [3.63, 3.8) is 0 Å². The molecule has 7 heteroatoms. The molecule has 0 unspecified atom stereocenters. The van der Waals surface area contributed by atoms with E-state index < -0.39 is 9.84 Å². The minimum Gasteiger partial charge on any atom is -0.220 e. The van der Waals surface area contributed by atoms with E-state index in [0.717, 1.165) is 19.3 Å². The third-order valence-corrected chi connectivity index (χ3v) is 5.91. The number of benzene rings is 1. The summed E-state index contributed by atoms with van der Waals surface area (Å²) in [7, 11) is -3.48. The van der Waals surface area contributed by atoms with E-state index in [2.05, 4.69) is 15.2 Å². The normalized spacial score (nSPS) is 17.4. The molecule has 1 fully saturated rings. The van der Waals surface area contributed by atoms with E-state index in [4.69, 9.17) is 11.6 Å². The molecule has 0 atom stereocenters. The van der Waals surface area contributed by atoms with Gasteiger partial charge in [-0.2, -0.15) is 0 Å². The quantitative estimate of drug-likeness (QED) is 0.852. The SMILES string of the molecule is O=S(=O)(c1nnc2cc(Cl)ccc2n1)C1CCCCC1. The summed E-state index contributed by atoms with van der Waals surface area (Å²) in [5, 5.41) is 7.70. The van der Waals surface area contributed by atoms with Gasteiger partial charge in [0.25, 0.3) is 5.16 Å². The van der Waals surface area contributed by atoms with Crippen molar-refractivity contribution in [1.29, 1.82) is 0 Å². The maximum Gasteiger partial charge on any atom is 0.268 e. The number of halogens is 1. The van der Waals surface area contributed by atoms with Gasteiger partial charge < -0.3 is 0 Å². The monoisotopic (exact) mass is 311 g/mol. The first-order valence-electron chi connectivity index (χ1n) is 6.61. The molecular formula is C13H14ClN3O2S. The predicted octanol–water partition coefficient (Wildman–Crippen LogP) is 2.78. The van der Waals surface area contributed by atoms with Gasteiger partial charge in [-0.3, -0.25) is 0 Å². The Balaban J connectivity index is 2.02. The molecular weight excluding hydrogens is 298 g/mol. The Morgan fingerprint density at radius 1 is 1.05 bits per heavy atom. The lowest BCUT2D eigenvalue weighted by molar-refractivity contribution is 0.479. The molecule has 2 aromatic rings. The minimum absolute atomic E-state index is 0.167. The second-order valence-corrected chi connectivity index (χ2v) is 7.59. The van der Waals surface area contributed by atoms with Crippen molar-refractivity contribution in [3.05, 3.63) is 23.2 Å². The number of rotatable bonds is 2. The smallest absolute Gasteiger partial charge is 0.220 e. The number of sulfone groups is 1. The van der Waals surface area contributed by atoms with Gasteiger partial charge in [0.05, 0.1) is 10.8 Å². The van der Waals surface area contributed by atoms with Crippen LogP contribution in [0.15, 0.2) is 23.4 Å². The number of hydrogen-bond donors (Lipinski definition) is 0. The fraction of sp³-hybridized carbons (Fsp3) is 0.462. The lowest BCUT2D eigenvalue weighted by atomic mass is 10.0. The first kappa shape index (κ1) is 13.7. The zero-order valence-electron chi connectivity index (χ0n) is 10.8. The van der Waals surface area contributed by atoms with Crippen LogP contribution in [0.4, 0.5) is 0 Å². The Labute approximate surface area is 122 Å². The van der Waals surface area contributed by atoms with Gasteiger partial charge >= 0.3 is 0 Å². The molecule has 0 amide bonds. The minimum atomic E-state index is -3.48. The van der Waals surface area contributed by atoms with Crippen LogP contribution in [0.25, 0.3) is 11.0 Å². The number of hydrogen-bond acceptors (Lipinski definition) is 5. The molecule has 1 aliphatic rings. The average molecular weight is 312 g/mol. The second-order valence-electron chi connectivity index (χ2n) is 5.03. The molecule has 3 rings (SSSR count). The fourth-order valence-electron chi connectivity index (χ4n) is 2.54. The van der Waals surface area contributed by atoms with Crippen molar-refractivity contribution in [1.82, 2.24) is 15.2 Å². The van der Waals surface area contributed by atoms with Crippen molar-refractivity contribution in [2.24, 2.45) is 0 Å². The van der Waals surface area contributed by atoms with E-state index in [1.54, 1.807) is 18.2 Å². The summed E-state index contributed by atoms with van der Waals surface area (Å²) >= 11 is 5.86. The highest BCUT2D eigenvalue weighted by molar-refractivity contribution is 7.91. The molecule has 1 aliphatic carbocycles. The molecule has 20 heavy (non-hydrogen) atoms. The average Bonchev–Trinajstić information content (AvgIpc) is 2.47. The van der Waals surface area contributed by atoms with E-state index in [0.29, 0.717) is 28.9 Å². The van der Waals surface area contributed by atoms with Crippen molar-refractivity contribution in [3.8, 4) is 0 Å². The zero-order chi connectivity index (χ0) is 14.2. The van der Waals surface area contributed by atoms with E-state index >= 15 is 0 Å². The molecule has 0 saturated heterocycles. The summed E-state index contributed by atoms with van der Waals surface area (Å²) in [6, 6.07) is 4.94. The Morgan fingerprint density at radius 3 is 2.55 bits per heavy atom. The molecule has 0 bridgehead atoms. The molecule has 1 heterocycles. The molecule has 0 N–H and O–H groups in total. The number of aromatic nitrogens is 3. The van der Waals surface area contributed by atoms with Gasteiger partial charge in [-0.25, -0.2) is 13.4 Å². The van der Waals surface area contributed by atoms with Crippen molar-refractivity contribution in [2.75, 3.05) is 0 Å². The van der Waals surface area contributed by atoms with Crippen LogP contribution in [0, 0.1) is 0 Å². The summed E-state index contributed by atoms with van der Waals surface area (Å²) in [4.78, 5) is 4.14. The third kappa shape index (κ3) is 2.50. The van der Waals surface area contributed by atoms with Gasteiger partial charge in [0, 0.05) is 5.02 Å². The van der Waals surface area contributed by atoms with Crippen LogP contribution < -0.4 is 0 Å². The van der Waals surface area contributed by atoms with Crippen LogP contribution in [0.1, 0.15) is 32.1 Å². The van der Waals surface area contributed by atoms with Crippen molar-refractivity contribution in [2.45, 2.75) is 42.5 Å². The Hall–Kier alpha value is -1.27. The number of fused-ring (bicyclic) bond motifs is 1. The van der Waals surface area contributed by atoms with Crippen LogP contribution in [0.3, 0.4) is 0 Å². The van der Waals surface area contributed by atoms with Crippen molar-refractivity contribution >= 4 is 32.5 Å². The summed E-state index contributed by atoms with van der Waals surface area (Å²) in [6.45, 7) is 0. The number of nitrogens with zero attached hydrogens (tertiary/aromatic N) is 3. The lowest BCUT2D eigenvalue weighted by Crippen LogP contribution is -2.26. The molecule has 1 aromatic heterocycles.